The third-order valence-electron chi connectivity index (χ3n) is 6.50. The minimum absolute atomic E-state index is 0.111. The molecule has 3 rings (SSSR count). The molecule has 26 heavy (non-hydrogen) atoms. The number of allylic oxidation sites excluding steroid dienone is 1. The molecule has 3 aliphatic carbocycles. The molecule has 2 saturated carbocycles. The van der Waals surface area contributed by atoms with Crippen LogP contribution in [0.3, 0.4) is 0 Å². The minimum atomic E-state index is -0.809. The predicted molar refractivity (Wildman–Crippen MR) is 97.0 cm³/mol. The van der Waals surface area contributed by atoms with Crippen LogP contribution in [-0.2, 0) is 9.63 Å². The second kappa shape index (κ2) is 9.20. The largest absolute Gasteiger partial charge is 0.481 e. The fourth-order valence-electron chi connectivity index (χ4n) is 4.85. The van der Waals surface area contributed by atoms with Crippen LogP contribution in [0.25, 0.3) is 0 Å². The van der Waals surface area contributed by atoms with E-state index in [1.807, 2.05) is 0 Å². The summed E-state index contributed by atoms with van der Waals surface area (Å²) in [5.74, 6) is 0.114. The molecule has 0 bridgehead atoms. The Morgan fingerprint density at radius 3 is 2.73 bits per heavy atom. The molecule has 3 aliphatic rings. The van der Waals surface area contributed by atoms with Gasteiger partial charge in [0.1, 0.15) is 0 Å². The van der Waals surface area contributed by atoms with E-state index in [1.165, 1.54) is 24.8 Å². The van der Waals surface area contributed by atoms with Crippen LogP contribution in [0.5, 0.6) is 0 Å². The topological polar surface area (TPSA) is 99.0 Å². The molecule has 0 heterocycles. The van der Waals surface area contributed by atoms with E-state index in [2.05, 4.69) is 5.48 Å². The summed E-state index contributed by atoms with van der Waals surface area (Å²) < 4.78 is 0. The molecule has 148 valence electrons. The fourth-order valence-corrected chi connectivity index (χ4v) is 4.85. The molecule has 0 amide bonds. The lowest BCUT2D eigenvalue weighted by Crippen LogP contribution is -2.32. The van der Waals surface area contributed by atoms with Crippen LogP contribution in [0, 0.1) is 17.8 Å². The first-order chi connectivity index (χ1) is 12.6. The number of carbonyl (C=O) groups is 1. The summed E-state index contributed by atoms with van der Waals surface area (Å²) in [7, 11) is 0. The molecule has 4 N–H and O–H groups in total. The summed E-state index contributed by atoms with van der Waals surface area (Å²) in [4.78, 5) is 15.8. The maximum Gasteiger partial charge on any atom is 0.303 e. The highest BCUT2D eigenvalue weighted by Gasteiger charge is 2.45. The zero-order valence-electron chi connectivity index (χ0n) is 15.5. The Morgan fingerprint density at radius 1 is 1.23 bits per heavy atom. The molecule has 4 atom stereocenters. The number of fused-ring (bicyclic) bond motifs is 1. The van der Waals surface area contributed by atoms with Crippen molar-refractivity contribution in [2.45, 2.75) is 82.8 Å². The van der Waals surface area contributed by atoms with Crippen molar-refractivity contribution in [3.05, 3.63) is 11.3 Å². The molecule has 6 nitrogen and oxygen atoms in total. The summed E-state index contributed by atoms with van der Waals surface area (Å²) in [5, 5.41) is 29.6. The van der Waals surface area contributed by atoms with Gasteiger partial charge in [0.2, 0.25) is 0 Å². The number of rotatable bonds is 10. The van der Waals surface area contributed by atoms with E-state index in [9.17, 15) is 15.0 Å². The number of hydrogen-bond acceptors (Lipinski definition) is 5. The van der Waals surface area contributed by atoms with Crippen LogP contribution in [0.4, 0.5) is 0 Å². The van der Waals surface area contributed by atoms with Crippen LogP contribution in [-0.4, -0.2) is 40.1 Å². The first kappa shape index (κ1) is 19.6. The van der Waals surface area contributed by atoms with Crippen LogP contribution >= 0.6 is 0 Å². The van der Waals surface area contributed by atoms with Crippen LogP contribution in [0.1, 0.15) is 70.6 Å². The van der Waals surface area contributed by atoms with E-state index in [4.69, 9.17) is 9.94 Å². The van der Waals surface area contributed by atoms with E-state index in [0.29, 0.717) is 18.9 Å². The lowest BCUT2D eigenvalue weighted by molar-refractivity contribution is -0.137. The lowest BCUT2D eigenvalue weighted by Gasteiger charge is -2.31. The molecule has 0 radical (unpaired) electrons. The van der Waals surface area contributed by atoms with Crippen molar-refractivity contribution in [3.8, 4) is 0 Å². The van der Waals surface area contributed by atoms with E-state index in [-0.39, 0.29) is 30.5 Å². The molecule has 0 saturated heterocycles. The Morgan fingerprint density at radius 2 is 2.00 bits per heavy atom. The minimum Gasteiger partial charge on any atom is -0.481 e. The fraction of sp³-hybridized carbons (Fsp3) is 0.850. The molecule has 2 fully saturated rings. The van der Waals surface area contributed by atoms with Crippen LogP contribution < -0.4 is 5.48 Å². The third-order valence-corrected chi connectivity index (χ3v) is 6.50. The van der Waals surface area contributed by atoms with Crippen molar-refractivity contribution >= 4 is 5.97 Å². The maximum atomic E-state index is 10.5. The number of aliphatic hydroxyl groups is 2. The number of carboxylic acids is 1. The van der Waals surface area contributed by atoms with Gasteiger partial charge in [-0.05, 0) is 62.4 Å². The smallest absolute Gasteiger partial charge is 0.303 e. The van der Waals surface area contributed by atoms with Crippen LogP contribution in [0.2, 0.25) is 0 Å². The number of nitrogens with one attached hydrogen (secondary N) is 1. The molecule has 0 aromatic heterocycles. The Labute approximate surface area is 155 Å². The van der Waals surface area contributed by atoms with E-state index in [1.54, 1.807) is 0 Å². The Balaban J connectivity index is 1.39. The van der Waals surface area contributed by atoms with Crippen molar-refractivity contribution < 1.29 is 25.0 Å². The molecule has 0 spiro atoms. The average Bonchev–Trinajstić information content (AvgIpc) is 2.87. The van der Waals surface area contributed by atoms with Gasteiger partial charge in [0, 0.05) is 18.0 Å². The zero-order chi connectivity index (χ0) is 18.5. The molecule has 0 aliphatic heterocycles. The first-order valence-electron chi connectivity index (χ1n) is 10.2. The number of aliphatic carboxylic acids is 1. The normalized spacial score (nSPS) is 30.0. The molecule has 6 heteroatoms. The van der Waals surface area contributed by atoms with Gasteiger partial charge in [-0.1, -0.05) is 19.3 Å². The summed E-state index contributed by atoms with van der Waals surface area (Å²) in [6.07, 6.45) is 9.51. The summed E-state index contributed by atoms with van der Waals surface area (Å²) in [6, 6.07) is 0. The standard InChI is InChI=1S/C20H33NO5/c22-18(13-5-2-1-3-6-13)9-8-14-11-15-16(20(14)25)12-17(15)21-26-10-4-7-19(23)24/h13-14,16,18,20-22,25H,1-12H2,(H,23,24). The van der Waals surface area contributed by atoms with Gasteiger partial charge < -0.3 is 15.3 Å². The van der Waals surface area contributed by atoms with Crippen molar-refractivity contribution in [1.82, 2.24) is 5.48 Å². The van der Waals surface area contributed by atoms with Gasteiger partial charge in [-0.2, -0.15) is 0 Å². The monoisotopic (exact) mass is 367 g/mol. The zero-order valence-corrected chi connectivity index (χ0v) is 15.5. The number of hydroxylamine groups is 1. The molecule has 0 aromatic carbocycles. The average molecular weight is 367 g/mol. The van der Waals surface area contributed by atoms with Gasteiger partial charge >= 0.3 is 5.97 Å². The first-order valence-corrected chi connectivity index (χ1v) is 10.2. The van der Waals surface area contributed by atoms with Crippen molar-refractivity contribution in [2.24, 2.45) is 17.8 Å². The molecular weight excluding hydrogens is 334 g/mol. The highest BCUT2D eigenvalue weighted by Crippen LogP contribution is 2.49. The maximum absolute atomic E-state index is 10.5. The molecule has 0 aromatic rings. The van der Waals surface area contributed by atoms with E-state index in [0.717, 1.165) is 44.2 Å². The summed E-state index contributed by atoms with van der Waals surface area (Å²) in [5.41, 5.74) is 5.26. The lowest BCUT2D eigenvalue weighted by atomic mass is 9.82. The van der Waals surface area contributed by atoms with Crippen molar-refractivity contribution in [3.63, 3.8) is 0 Å². The quantitative estimate of drug-likeness (QED) is 0.350. The number of carboxylic acid groups (broad SMARTS) is 1. The van der Waals surface area contributed by atoms with Gasteiger partial charge in [0.15, 0.2) is 0 Å². The van der Waals surface area contributed by atoms with Crippen molar-refractivity contribution in [2.75, 3.05) is 6.61 Å². The number of hydrogen-bond donors (Lipinski definition) is 4. The second-order valence-electron chi connectivity index (χ2n) is 8.26. The molecular formula is C20H33NO5. The van der Waals surface area contributed by atoms with Crippen LogP contribution in [0.15, 0.2) is 11.3 Å². The van der Waals surface area contributed by atoms with E-state index < -0.39 is 5.97 Å². The van der Waals surface area contributed by atoms with Gasteiger partial charge in [0.25, 0.3) is 0 Å². The van der Waals surface area contributed by atoms with Gasteiger partial charge in [-0.3, -0.25) is 15.1 Å². The van der Waals surface area contributed by atoms with Gasteiger partial charge in [0.05, 0.1) is 18.8 Å². The van der Waals surface area contributed by atoms with Gasteiger partial charge in [-0.25, -0.2) is 0 Å². The Bertz CT molecular complexity index is 514. The Kier molecular flexibility index (Phi) is 6.95. The van der Waals surface area contributed by atoms with Gasteiger partial charge in [-0.15, -0.1) is 0 Å². The SMILES string of the molecule is O=C(O)CCCONC1=C2CC(CCC(O)C3CCCCC3)C(O)C2C1. The summed E-state index contributed by atoms with van der Waals surface area (Å²) in [6.45, 7) is 0.368. The van der Waals surface area contributed by atoms with E-state index >= 15 is 0 Å². The predicted octanol–water partition coefficient (Wildman–Crippen LogP) is 2.75. The number of aliphatic hydroxyl groups excluding tert-OH is 2. The molecule has 4 unspecified atom stereocenters. The Hall–Kier alpha value is -1.11. The third kappa shape index (κ3) is 4.78. The summed E-state index contributed by atoms with van der Waals surface area (Å²) >= 11 is 0. The highest BCUT2D eigenvalue weighted by molar-refractivity contribution is 5.66. The van der Waals surface area contributed by atoms with Crippen molar-refractivity contribution in [1.29, 1.82) is 0 Å². The highest BCUT2D eigenvalue weighted by atomic mass is 16.6. The second-order valence-corrected chi connectivity index (χ2v) is 8.26.